The van der Waals surface area contributed by atoms with Crippen LogP contribution in [-0.4, -0.2) is 14.5 Å². The number of para-hydroxylation sites is 1. The lowest BCUT2D eigenvalue weighted by Gasteiger charge is -2.03. The van der Waals surface area contributed by atoms with Gasteiger partial charge in [0, 0.05) is 6.20 Å². The summed E-state index contributed by atoms with van der Waals surface area (Å²) in [6.45, 7) is 0. The molecule has 0 saturated heterocycles. The van der Waals surface area contributed by atoms with Crippen LogP contribution in [0.3, 0.4) is 0 Å². The lowest BCUT2D eigenvalue weighted by molar-refractivity contribution is 0.477. The highest BCUT2D eigenvalue weighted by Gasteiger charge is 2.08. The third-order valence-corrected chi connectivity index (χ3v) is 2.58. The van der Waals surface area contributed by atoms with Gasteiger partial charge in [0.25, 0.3) is 0 Å². The first-order chi connectivity index (χ1) is 7.86. The monoisotopic (exact) mass is 210 g/mol. The molecule has 0 radical (unpaired) electrons. The van der Waals surface area contributed by atoms with Crippen LogP contribution in [0.4, 0.5) is 0 Å². The maximum atomic E-state index is 9.79. The van der Waals surface area contributed by atoms with Crippen molar-refractivity contribution in [3.05, 3.63) is 54.9 Å². The van der Waals surface area contributed by atoms with E-state index >= 15 is 0 Å². The molecule has 2 heterocycles. The number of pyridine rings is 1. The van der Waals surface area contributed by atoms with Crippen molar-refractivity contribution in [3.63, 3.8) is 0 Å². The van der Waals surface area contributed by atoms with E-state index in [0.29, 0.717) is 0 Å². The fourth-order valence-corrected chi connectivity index (χ4v) is 1.81. The van der Waals surface area contributed by atoms with Gasteiger partial charge in [-0.2, -0.15) is 0 Å². The van der Waals surface area contributed by atoms with Crippen molar-refractivity contribution in [2.45, 2.75) is 0 Å². The summed E-state index contributed by atoms with van der Waals surface area (Å²) in [6, 6.07) is 13.1. The topological polar surface area (TPSA) is 37.5 Å². The second kappa shape index (κ2) is 3.38. The van der Waals surface area contributed by atoms with Gasteiger partial charge in [0.15, 0.2) is 0 Å². The van der Waals surface area contributed by atoms with E-state index in [9.17, 15) is 5.11 Å². The summed E-state index contributed by atoms with van der Waals surface area (Å²) in [5.41, 5.74) is 1.76. The number of benzene rings is 1. The minimum Gasteiger partial charge on any atom is -0.507 e. The van der Waals surface area contributed by atoms with E-state index in [4.69, 9.17) is 0 Å². The average molecular weight is 210 g/mol. The average Bonchev–Trinajstić information content (AvgIpc) is 2.74. The Kier molecular flexibility index (Phi) is 1.90. The maximum Gasteiger partial charge on any atom is 0.148 e. The summed E-state index contributed by atoms with van der Waals surface area (Å²) in [6.07, 6.45) is 3.73. The van der Waals surface area contributed by atoms with Gasteiger partial charge in [-0.3, -0.25) is 4.40 Å². The summed E-state index contributed by atoms with van der Waals surface area (Å²) < 4.78 is 1.95. The van der Waals surface area contributed by atoms with E-state index in [2.05, 4.69) is 4.98 Å². The lowest BCUT2D eigenvalue weighted by atomic mass is 10.2. The van der Waals surface area contributed by atoms with Gasteiger partial charge >= 0.3 is 0 Å². The molecule has 0 atom stereocenters. The van der Waals surface area contributed by atoms with Crippen molar-refractivity contribution in [1.82, 2.24) is 9.38 Å². The summed E-state index contributed by atoms with van der Waals surface area (Å²) in [5.74, 6) is 1.01. The van der Waals surface area contributed by atoms with Gasteiger partial charge in [-0.05, 0) is 24.3 Å². The van der Waals surface area contributed by atoms with Crippen LogP contribution in [0.25, 0.3) is 16.9 Å². The Bertz CT molecular complexity index is 643. The fraction of sp³-hybridized carbons (Fsp3) is 0. The summed E-state index contributed by atoms with van der Waals surface area (Å²) in [7, 11) is 0. The zero-order chi connectivity index (χ0) is 11.0. The Labute approximate surface area is 92.6 Å². The molecular formula is C13H10N2O. The number of aromatic nitrogens is 2. The molecule has 3 nitrogen and oxygen atoms in total. The Balaban J connectivity index is 2.31. The molecule has 0 fully saturated rings. The normalized spacial score (nSPS) is 10.8. The molecule has 78 valence electrons. The number of aromatic hydroxyl groups is 1. The van der Waals surface area contributed by atoms with Crippen molar-refractivity contribution < 1.29 is 5.11 Å². The van der Waals surface area contributed by atoms with Crippen molar-refractivity contribution in [1.29, 1.82) is 0 Å². The van der Waals surface area contributed by atoms with E-state index in [1.807, 2.05) is 40.9 Å². The molecule has 0 aliphatic rings. The standard InChI is InChI=1S/C13H10N2O/c16-12-7-2-1-6-11(12)13-14-9-10-5-3-4-8-15(10)13/h1-9,16H. The molecule has 3 aromatic rings. The van der Waals surface area contributed by atoms with Gasteiger partial charge in [0.05, 0.1) is 17.3 Å². The van der Waals surface area contributed by atoms with Crippen LogP contribution in [0.15, 0.2) is 54.9 Å². The summed E-state index contributed by atoms with van der Waals surface area (Å²) >= 11 is 0. The zero-order valence-corrected chi connectivity index (χ0v) is 8.54. The zero-order valence-electron chi connectivity index (χ0n) is 8.54. The number of phenols is 1. The SMILES string of the molecule is Oc1ccccc1-c1ncc2ccccn12. The highest BCUT2D eigenvalue weighted by atomic mass is 16.3. The van der Waals surface area contributed by atoms with Gasteiger partial charge in [0.2, 0.25) is 0 Å². The molecule has 0 amide bonds. The Morgan fingerprint density at radius 3 is 2.69 bits per heavy atom. The van der Waals surface area contributed by atoms with Gasteiger partial charge in [-0.15, -0.1) is 0 Å². The van der Waals surface area contributed by atoms with Crippen LogP contribution in [-0.2, 0) is 0 Å². The first kappa shape index (κ1) is 8.97. The van der Waals surface area contributed by atoms with Crippen molar-refractivity contribution in [2.75, 3.05) is 0 Å². The second-order valence-electron chi connectivity index (χ2n) is 3.59. The molecule has 16 heavy (non-hydrogen) atoms. The van der Waals surface area contributed by atoms with Gasteiger partial charge in [0.1, 0.15) is 11.6 Å². The maximum absolute atomic E-state index is 9.79. The third kappa shape index (κ3) is 1.26. The number of hydrogen-bond donors (Lipinski definition) is 1. The number of rotatable bonds is 1. The fourth-order valence-electron chi connectivity index (χ4n) is 1.81. The summed E-state index contributed by atoms with van der Waals surface area (Å²) in [5, 5.41) is 9.79. The van der Waals surface area contributed by atoms with Crippen LogP contribution in [0, 0.1) is 0 Å². The number of phenolic OH excluding ortho intramolecular Hbond substituents is 1. The predicted molar refractivity (Wildman–Crippen MR) is 62.3 cm³/mol. The minimum absolute atomic E-state index is 0.249. The Hall–Kier alpha value is -2.29. The number of imidazole rings is 1. The van der Waals surface area contributed by atoms with Gasteiger partial charge in [-0.25, -0.2) is 4.98 Å². The number of hydrogen-bond acceptors (Lipinski definition) is 2. The molecule has 1 aromatic carbocycles. The molecule has 2 aromatic heterocycles. The molecule has 3 rings (SSSR count). The van der Waals surface area contributed by atoms with Crippen molar-refractivity contribution in [2.24, 2.45) is 0 Å². The number of nitrogens with zero attached hydrogens (tertiary/aromatic N) is 2. The van der Waals surface area contributed by atoms with Crippen LogP contribution >= 0.6 is 0 Å². The van der Waals surface area contributed by atoms with E-state index < -0.39 is 0 Å². The largest absolute Gasteiger partial charge is 0.507 e. The molecule has 3 heteroatoms. The predicted octanol–water partition coefficient (Wildman–Crippen LogP) is 2.71. The molecule has 0 spiro atoms. The Morgan fingerprint density at radius 2 is 1.81 bits per heavy atom. The van der Waals surface area contributed by atoms with Crippen LogP contribution in [0.1, 0.15) is 0 Å². The van der Waals surface area contributed by atoms with Gasteiger partial charge in [-0.1, -0.05) is 18.2 Å². The van der Waals surface area contributed by atoms with Crippen LogP contribution in [0.2, 0.25) is 0 Å². The smallest absolute Gasteiger partial charge is 0.148 e. The van der Waals surface area contributed by atoms with Crippen LogP contribution < -0.4 is 0 Å². The van der Waals surface area contributed by atoms with Crippen molar-refractivity contribution >= 4 is 5.52 Å². The first-order valence-electron chi connectivity index (χ1n) is 5.07. The quantitative estimate of drug-likeness (QED) is 0.670. The molecule has 0 bridgehead atoms. The third-order valence-electron chi connectivity index (χ3n) is 2.58. The highest BCUT2D eigenvalue weighted by molar-refractivity contribution is 5.67. The van der Waals surface area contributed by atoms with E-state index in [1.54, 1.807) is 18.3 Å². The molecule has 0 aliphatic heterocycles. The lowest BCUT2D eigenvalue weighted by Crippen LogP contribution is -1.88. The minimum atomic E-state index is 0.249. The second-order valence-corrected chi connectivity index (χ2v) is 3.59. The van der Waals surface area contributed by atoms with Crippen LogP contribution in [0.5, 0.6) is 5.75 Å². The molecular weight excluding hydrogens is 200 g/mol. The molecule has 0 unspecified atom stereocenters. The van der Waals surface area contributed by atoms with E-state index in [-0.39, 0.29) is 5.75 Å². The molecule has 0 aliphatic carbocycles. The van der Waals surface area contributed by atoms with E-state index in [1.165, 1.54) is 0 Å². The molecule has 0 saturated carbocycles. The Morgan fingerprint density at radius 1 is 1.00 bits per heavy atom. The van der Waals surface area contributed by atoms with E-state index in [0.717, 1.165) is 16.9 Å². The summed E-state index contributed by atoms with van der Waals surface area (Å²) in [4.78, 5) is 4.33. The van der Waals surface area contributed by atoms with Crippen molar-refractivity contribution in [3.8, 4) is 17.1 Å². The first-order valence-corrected chi connectivity index (χ1v) is 5.07. The highest BCUT2D eigenvalue weighted by Crippen LogP contribution is 2.27. The number of fused-ring (bicyclic) bond motifs is 1. The van der Waals surface area contributed by atoms with Gasteiger partial charge < -0.3 is 5.11 Å². The molecule has 1 N–H and O–H groups in total.